The zero-order valence-corrected chi connectivity index (χ0v) is 17.5. The van der Waals surface area contributed by atoms with E-state index < -0.39 is 0 Å². The monoisotopic (exact) mass is 370 g/mol. The highest BCUT2D eigenvalue weighted by Gasteiger charge is 2.00. The van der Waals surface area contributed by atoms with Crippen LogP contribution in [0.1, 0.15) is 110 Å². The van der Waals surface area contributed by atoms with Crippen molar-refractivity contribution in [2.75, 3.05) is 26.2 Å². The first kappa shape index (κ1) is 25.4. The average molecular weight is 371 g/mol. The van der Waals surface area contributed by atoms with Crippen molar-refractivity contribution in [1.82, 2.24) is 10.6 Å². The maximum atomic E-state index is 11.7. The van der Waals surface area contributed by atoms with Gasteiger partial charge in [0.05, 0.1) is 6.61 Å². The summed E-state index contributed by atoms with van der Waals surface area (Å²) in [4.78, 5) is 11.7. The molecule has 0 aliphatic rings. The van der Waals surface area contributed by atoms with Crippen molar-refractivity contribution < 1.29 is 9.90 Å². The van der Waals surface area contributed by atoms with Gasteiger partial charge < -0.3 is 15.7 Å². The van der Waals surface area contributed by atoms with Crippen LogP contribution in [0.15, 0.2) is 0 Å². The molecule has 0 unspecified atom stereocenters. The quantitative estimate of drug-likeness (QED) is 0.251. The SMILES string of the molecule is CCCCCCCCCCCCCCNC(=O)CCCCCNCCO. The minimum absolute atomic E-state index is 0.196. The highest BCUT2D eigenvalue weighted by atomic mass is 16.3. The molecule has 1 amide bonds. The molecule has 0 rings (SSSR count). The summed E-state index contributed by atoms with van der Waals surface area (Å²) in [5.74, 6) is 0.205. The fourth-order valence-electron chi connectivity index (χ4n) is 3.20. The molecule has 4 nitrogen and oxygen atoms in total. The molecule has 0 heterocycles. The zero-order chi connectivity index (χ0) is 19.1. The molecule has 0 saturated heterocycles. The van der Waals surface area contributed by atoms with Gasteiger partial charge in [0.1, 0.15) is 0 Å². The summed E-state index contributed by atoms with van der Waals surface area (Å²) in [6.45, 7) is 4.91. The van der Waals surface area contributed by atoms with Crippen LogP contribution in [-0.2, 0) is 4.79 Å². The van der Waals surface area contributed by atoms with Crippen molar-refractivity contribution in [1.29, 1.82) is 0 Å². The van der Waals surface area contributed by atoms with E-state index in [9.17, 15) is 4.79 Å². The van der Waals surface area contributed by atoms with Gasteiger partial charge in [0.25, 0.3) is 0 Å². The van der Waals surface area contributed by atoms with Crippen LogP contribution in [0.3, 0.4) is 0 Å². The summed E-state index contributed by atoms with van der Waals surface area (Å²) in [6, 6.07) is 0. The van der Waals surface area contributed by atoms with Crippen LogP contribution in [0.2, 0.25) is 0 Å². The van der Waals surface area contributed by atoms with Crippen LogP contribution in [0.25, 0.3) is 0 Å². The Hall–Kier alpha value is -0.610. The topological polar surface area (TPSA) is 61.4 Å². The first-order valence-corrected chi connectivity index (χ1v) is 11.4. The van der Waals surface area contributed by atoms with Crippen molar-refractivity contribution in [3.63, 3.8) is 0 Å². The molecule has 0 bridgehead atoms. The number of rotatable bonds is 21. The van der Waals surface area contributed by atoms with Gasteiger partial charge in [-0.05, 0) is 25.8 Å². The normalized spacial score (nSPS) is 11.0. The summed E-state index contributed by atoms with van der Waals surface area (Å²) in [6.07, 6.45) is 20.0. The first-order chi connectivity index (χ1) is 12.8. The summed E-state index contributed by atoms with van der Waals surface area (Å²) < 4.78 is 0. The van der Waals surface area contributed by atoms with Crippen molar-refractivity contribution in [2.24, 2.45) is 0 Å². The molecule has 0 aromatic carbocycles. The first-order valence-electron chi connectivity index (χ1n) is 11.4. The van der Waals surface area contributed by atoms with Crippen LogP contribution in [0.4, 0.5) is 0 Å². The van der Waals surface area contributed by atoms with E-state index in [2.05, 4.69) is 17.6 Å². The van der Waals surface area contributed by atoms with E-state index in [1.54, 1.807) is 0 Å². The Labute approximate surface area is 162 Å². The molecule has 0 atom stereocenters. The number of carbonyl (C=O) groups is 1. The number of hydrogen-bond donors (Lipinski definition) is 3. The van der Waals surface area contributed by atoms with Gasteiger partial charge in [-0.15, -0.1) is 0 Å². The van der Waals surface area contributed by atoms with Crippen LogP contribution in [-0.4, -0.2) is 37.3 Å². The van der Waals surface area contributed by atoms with E-state index in [1.807, 2.05) is 0 Å². The van der Waals surface area contributed by atoms with Crippen molar-refractivity contribution in [2.45, 2.75) is 110 Å². The molecular weight excluding hydrogens is 324 g/mol. The third-order valence-corrected chi connectivity index (χ3v) is 4.90. The van der Waals surface area contributed by atoms with E-state index in [0.717, 1.165) is 38.8 Å². The van der Waals surface area contributed by atoms with Gasteiger partial charge in [-0.3, -0.25) is 4.79 Å². The molecule has 26 heavy (non-hydrogen) atoms. The largest absolute Gasteiger partial charge is 0.395 e. The lowest BCUT2D eigenvalue weighted by molar-refractivity contribution is -0.121. The lowest BCUT2D eigenvalue weighted by Gasteiger charge is -2.06. The predicted molar refractivity (Wildman–Crippen MR) is 113 cm³/mol. The van der Waals surface area contributed by atoms with E-state index in [4.69, 9.17) is 5.11 Å². The van der Waals surface area contributed by atoms with Crippen molar-refractivity contribution >= 4 is 5.91 Å². The number of nitrogens with one attached hydrogen (secondary N) is 2. The van der Waals surface area contributed by atoms with Gasteiger partial charge in [-0.1, -0.05) is 84.0 Å². The number of amides is 1. The van der Waals surface area contributed by atoms with E-state index >= 15 is 0 Å². The number of unbranched alkanes of at least 4 members (excludes halogenated alkanes) is 13. The fourth-order valence-corrected chi connectivity index (χ4v) is 3.20. The van der Waals surface area contributed by atoms with E-state index in [1.165, 1.54) is 70.6 Å². The Kier molecular flexibility index (Phi) is 21.9. The minimum Gasteiger partial charge on any atom is -0.395 e. The lowest BCUT2D eigenvalue weighted by atomic mass is 10.1. The van der Waals surface area contributed by atoms with Gasteiger partial charge in [0.15, 0.2) is 0 Å². The van der Waals surface area contributed by atoms with Gasteiger partial charge in [-0.2, -0.15) is 0 Å². The highest BCUT2D eigenvalue weighted by molar-refractivity contribution is 5.75. The standard InChI is InChI=1S/C22H46N2O2/c1-2-3-4-5-6-7-8-9-10-11-12-16-19-24-22(26)17-14-13-15-18-23-20-21-25/h23,25H,2-21H2,1H3,(H,24,26). The molecule has 4 heteroatoms. The molecule has 0 fully saturated rings. The fraction of sp³-hybridized carbons (Fsp3) is 0.955. The predicted octanol–water partition coefficient (Wildman–Crippen LogP) is 4.95. The molecule has 156 valence electrons. The van der Waals surface area contributed by atoms with Gasteiger partial charge in [0.2, 0.25) is 5.91 Å². The Bertz CT molecular complexity index is 285. The Morgan fingerprint density at radius 3 is 1.73 bits per heavy atom. The van der Waals surface area contributed by atoms with E-state index in [-0.39, 0.29) is 12.5 Å². The summed E-state index contributed by atoms with van der Waals surface area (Å²) in [7, 11) is 0. The molecule has 0 aromatic rings. The average Bonchev–Trinajstić information content (AvgIpc) is 2.64. The molecule has 0 aliphatic carbocycles. The second-order valence-corrected chi connectivity index (χ2v) is 7.52. The van der Waals surface area contributed by atoms with Crippen LogP contribution in [0, 0.1) is 0 Å². The third kappa shape index (κ3) is 21.4. The van der Waals surface area contributed by atoms with E-state index in [0.29, 0.717) is 13.0 Å². The number of aliphatic hydroxyl groups is 1. The van der Waals surface area contributed by atoms with Gasteiger partial charge >= 0.3 is 0 Å². The molecular formula is C22H46N2O2. The van der Waals surface area contributed by atoms with Crippen LogP contribution < -0.4 is 10.6 Å². The second kappa shape index (κ2) is 22.4. The highest BCUT2D eigenvalue weighted by Crippen LogP contribution is 2.11. The maximum Gasteiger partial charge on any atom is 0.219 e. The lowest BCUT2D eigenvalue weighted by Crippen LogP contribution is -2.24. The van der Waals surface area contributed by atoms with Crippen molar-refractivity contribution in [3.8, 4) is 0 Å². The summed E-state index contributed by atoms with van der Waals surface area (Å²) >= 11 is 0. The molecule has 3 N–H and O–H groups in total. The van der Waals surface area contributed by atoms with Gasteiger partial charge in [-0.25, -0.2) is 0 Å². The van der Waals surface area contributed by atoms with Crippen LogP contribution >= 0.6 is 0 Å². The Balaban J connectivity index is 3.12. The van der Waals surface area contributed by atoms with Crippen molar-refractivity contribution in [3.05, 3.63) is 0 Å². The smallest absolute Gasteiger partial charge is 0.219 e. The molecule has 0 saturated carbocycles. The van der Waals surface area contributed by atoms with Gasteiger partial charge in [0, 0.05) is 19.5 Å². The second-order valence-electron chi connectivity index (χ2n) is 7.52. The molecule has 0 radical (unpaired) electrons. The van der Waals surface area contributed by atoms with Crippen LogP contribution in [0.5, 0.6) is 0 Å². The Morgan fingerprint density at radius 2 is 1.15 bits per heavy atom. The zero-order valence-electron chi connectivity index (χ0n) is 17.5. The molecule has 0 aromatic heterocycles. The maximum absolute atomic E-state index is 11.7. The molecule has 0 aliphatic heterocycles. The Morgan fingerprint density at radius 1 is 0.654 bits per heavy atom. The number of carbonyl (C=O) groups excluding carboxylic acids is 1. The summed E-state index contributed by atoms with van der Waals surface area (Å²) in [5, 5.41) is 14.8. The number of hydrogen-bond acceptors (Lipinski definition) is 3. The summed E-state index contributed by atoms with van der Waals surface area (Å²) in [5.41, 5.74) is 0. The number of aliphatic hydroxyl groups excluding tert-OH is 1. The minimum atomic E-state index is 0.196. The third-order valence-electron chi connectivity index (χ3n) is 4.90. The molecule has 0 spiro atoms.